The van der Waals surface area contributed by atoms with E-state index in [-0.39, 0.29) is 0 Å². The van der Waals surface area contributed by atoms with Crippen molar-refractivity contribution in [3.05, 3.63) is 17.0 Å². The second-order valence-corrected chi connectivity index (χ2v) is 5.49. The molecule has 2 heterocycles. The van der Waals surface area contributed by atoms with Crippen LogP contribution in [0.15, 0.2) is 6.07 Å². The summed E-state index contributed by atoms with van der Waals surface area (Å²) < 4.78 is 0. The molecule has 1 saturated heterocycles. The number of hydrogen-bond acceptors (Lipinski definition) is 4. The number of anilines is 1. The van der Waals surface area contributed by atoms with E-state index < -0.39 is 0 Å². The summed E-state index contributed by atoms with van der Waals surface area (Å²) in [6, 6.07) is 1.90. The van der Waals surface area contributed by atoms with Gasteiger partial charge in [0, 0.05) is 38.2 Å². The molecule has 1 aliphatic heterocycles. The Morgan fingerprint density at radius 3 is 2.56 bits per heavy atom. The van der Waals surface area contributed by atoms with Crippen molar-refractivity contribution in [2.45, 2.75) is 25.7 Å². The van der Waals surface area contributed by atoms with E-state index in [1.165, 1.54) is 12.8 Å². The van der Waals surface area contributed by atoms with Gasteiger partial charge in [-0.1, -0.05) is 18.5 Å². The highest BCUT2D eigenvalue weighted by molar-refractivity contribution is 6.29. The summed E-state index contributed by atoms with van der Waals surface area (Å²) in [6.07, 6.45) is 2.42. The molecule has 3 rings (SSSR count). The Morgan fingerprint density at radius 1 is 1.22 bits per heavy atom. The van der Waals surface area contributed by atoms with Crippen molar-refractivity contribution in [2.24, 2.45) is 0 Å². The highest BCUT2D eigenvalue weighted by Gasteiger charge is 2.28. The van der Waals surface area contributed by atoms with Gasteiger partial charge in [0.25, 0.3) is 0 Å². The molecule has 18 heavy (non-hydrogen) atoms. The number of halogens is 1. The maximum Gasteiger partial charge on any atom is 0.135 e. The summed E-state index contributed by atoms with van der Waals surface area (Å²) in [5.74, 6) is 2.50. The molecule has 2 aliphatic rings. The molecule has 0 radical (unpaired) electrons. The Kier molecular flexibility index (Phi) is 3.39. The van der Waals surface area contributed by atoms with Crippen LogP contribution < -0.4 is 4.90 Å². The number of hydrogen-bond donors (Lipinski definition) is 0. The van der Waals surface area contributed by atoms with E-state index in [0.29, 0.717) is 11.1 Å². The molecule has 1 aromatic rings. The Hall–Kier alpha value is -0.870. The van der Waals surface area contributed by atoms with Gasteiger partial charge in [0.1, 0.15) is 16.8 Å². The van der Waals surface area contributed by atoms with Crippen molar-refractivity contribution in [3.8, 4) is 0 Å². The highest BCUT2D eigenvalue weighted by Crippen LogP contribution is 2.39. The van der Waals surface area contributed by atoms with Crippen LogP contribution in [0, 0.1) is 0 Å². The standard InChI is InChI=1S/C13H19ClN4/c1-2-17-5-7-18(8-6-17)12-9-11(14)15-13(16-12)10-3-4-10/h9-10H,2-8H2,1H3. The van der Waals surface area contributed by atoms with Gasteiger partial charge in [0.2, 0.25) is 0 Å². The van der Waals surface area contributed by atoms with Crippen molar-refractivity contribution >= 4 is 17.4 Å². The lowest BCUT2D eigenvalue weighted by atomic mass is 10.3. The maximum absolute atomic E-state index is 6.11. The molecular weight excluding hydrogens is 248 g/mol. The monoisotopic (exact) mass is 266 g/mol. The van der Waals surface area contributed by atoms with Gasteiger partial charge in [-0.25, -0.2) is 9.97 Å². The van der Waals surface area contributed by atoms with Crippen LogP contribution >= 0.6 is 11.6 Å². The normalized spacial score (nSPS) is 21.3. The summed E-state index contributed by atoms with van der Waals surface area (Å²) in [4.78, 5) is 13.8. The fourth-order valence-corrected chi connectivity index (χ4v) is 2.59. The number of piperazine rings is 1. The van der Waals surface area contributed by atoms with E-state index in [2.05, 4.69) is 26.7 Å². The summed E-state index contributed by atoms with van der Waals surface area (Å²) in [5, 5.41) is 0.583. The lowest BCUT2D eigenvalue weighted by Gasteiger charge is -2.34. The predicted molar refractivity (Wildman–Crippen MR) is 73.3 cm³/mol. The molecule has 0 unspecified atom stereocenters. The van der Waals surface area contributed by atoms with Crippen molar-refractivity contribution in [2.75, 3.05) is 37.6 Å². The zero-order valence-electron chi connectivity index (χ0n) is 10.8. The molecule has 0 spiro atoms. The Labute approximate surface area is 113 Å². The van der Waals surface area contributed by atoms with Gasteiger partial charge in [-0.05, 0) is 19.4 Å². The van der Waals surface area contributed by atoms with E-state index in [0.717, 1.165) is 44.4 Å². The van der Waals surface area contributed by atoms with Crippen LogP contribution in [0.25, 0.3) is 0 Å². The van der Waals surface area contributed by atoms with Crippen LogP contribution in [-0.4, -0.2) is 47.6 Å². The molecule has 0 amide bonds. The first-order valence-corrected chi connectivity index (χ1v) is 7.16. The number of rotatable bonds is 3. The lowest BCUT2D eigenvalue weighted by molar-refractivity contribution is 0.270. The van der Waals surface area contributed by atoms with Gasteiger partial charge >= 0.3 is 0 Å². The smallest absolute Gasteiger partial charge is 0.135 e. The molecule has 0 aromatic carbocycles. The zero-order chi connectivity index (χ0) is 12.5. The van der Waals surface area contributed by atoms with Gasteiger partial charge < -0.3 is 9.80 Å². The average Bonchev–Trinajstić information content (AvgIpc) is 3.22. The number of aromatic nitrogens is 2. The summed E-state index contributed by atoms with van der Waals surface area (Å²) >= 11 is 6.11. The summed E-state index contributed by atoms with van der Waals surface area (Å²) in [6.45, 7) is 7.62. The van der Waals surface area contributed by atoms with Crippen molar-refractivity contribution in [1.82, 2.24) is 14.9 Å². The van der Waals surface area contributed by atoms with E-state index in [9.17, 15) is 0 Å². The van der Waals surface area contributed by atoms with Gasteiger partial charge in [-0.15, -0.1) is 0 Å². The third-order valence-corrected chi connectivity index (χ3v) is 3.98. The molecule has 0 bridgehead atoms. The SMILES string of the molecule is CCN1CCN(c2cc(Cl)nc(C3CC3)n2)CC1. The Bertz CT molecular complexity index is 425. The first kappa shape index (κ1) is 12.2. The molecule has 4 nitrogen and oxygen atoms in total. The van der Waals surface area contributed by atoms with Crippen LogP contribution in [0.2, 0.25) is 5.15 Å². The molecule has 98 valence electrons. The van der Waals surface area contributed by atoms with Crippen LogP contribution in [0.3, 0.4) is 0 Å². The summed E-state index contributed by atoms with van der Waals surface area (Å²) in [7, 11) is 0. The largest absolute Gasteiger partial charge is 0.354 e. The number of nitrogens with zero attached hydrogens (tertiary/aromatic N) is 4. The topological polar surface area (TPSA) is 32.3 Å². The van der Waals surface area contributed by atoms with Crippen LogP contribution in [0.4, 0.5) is 5.82 Å². The van der Waals surface area contributed by atoms with E-state index in [1.807, 2.05) is 6.07 Å². The summed E-state index contributed by atoms with van der Waals surface area (Å²) in [5.41, 5.74) is 0. The number of likely N-dealkylation sites (N-methyl/N-ethyl adjacent to an activating group) is 1. The molecule has 1 aliphatic carbocycles. The Balaban J connectivity index is 1.75. The van der Waals surface area contributed by atoms with Gasteiger partial charge in [-0.3, -0.25) is 0 Å². The van der Waals surface area contributed by atoms with Crippen LogP contribution in [0.5, 0.6) is 0 Å². The molecule has 1 saturated carbocycles. The minimum atomic E-state index is 0.555. The first-order valence-electron chi connectivity index (χ1n) is 6.78. The lowest BCUT2D eigenvalue weighted by Crippen LogP contribution is -2.46. The molecule has 2 fully saturated rings. The highest BCUT2D eigenvalue weighted by atomic mass is 35.5. The van der Waals surface area contributed by atoms with E-state index in [1.54, 1.807) is 0 Å². The first-order chi connectivity index (χ1) is 8.76. The average molecular weight is 267 g/mol. The van der Waals surface area contributed by atoms with E-state index >= 15 is 0 Å². The van der Waals surface area contributed by atoms with Crippen LogP contribution in [-0.2, 0) is 0 Å². The predicted octanol–water partition coefficient (Wildman–Crippen LogP) is 2.15. The van der Waals surface area contributed by atoms with Crippen LogP contribution in [0.1, 0.15) is 31.5 Å². The minimum absolute atomic E-state index is 0.555. The molecule has 1 aromatic heterocycles. The molecule has 5 heteroatoms. The quantitative estimate of drug-likeness (QED) is 0.785. The third kappa shape index (κ3) is 2.59. The van der Waals surface area contributed by atoms with Crippen molar-refractivity contribution < 1.29 is 0 Å². The maximum atomic E-state index is 6.11. The van der Waals surface area contributed by atoms with Gasteiger partial charge in [-0.2, -0.15) is 0 Å². The molecule has 0 atom stereocenters. The Morgan fingerprint density at radius 2 is 1.94 bits per heavy atom. The third-order valence-electron chi connectivity index (χ3n) is 3.78. The second kappa shape index (κ2) is 5.02. The molecule has 0 N–H and O–H groups in total. The zero-order valence-corrected chi connectivity index (χ0v) is 11.5. The molecular formula is C13H19ClN4. The van der Waals surface area contributed by atoms with Gasteiger partial charge in [0.15, 0.2) is 0 Å². The van der Waals surface area contributed by atoms with E-state index in [4.69, 9.17) is 11.6 Å². The van der Waals surface area contributed by atoms with Crippen molar-refractivity contribution in [3.63, 3.8) is 0 Å². The fourth-order valence-electron chi connectivity index (χ4n) is 2.40. The van der Waals surface area contributed by atoms with Gasteiger partial charge in [0.05, 0.1) is 0 Å². The fraction of sp³-hybridized carbons (Fsp3) is 0.692. The van der Waals surface area contributed by atoms with Crippen molar-refractivity contribution in [1.29, 1.82) is 0 Å². The minimum Gasteiger partial charge on any atom is -0.354 e. The second-order valence-electron chi connectivity index (χ2n) is 5.10.